The summed E-state index contributed by atoms with van der Waals surface area (Å²) in [7, 11) is 1.91. The third-order valence-electron chi connectivity index (χ3n) is 2.82. The fourth-order valence-corrected chi connectivity index (χ4v) is 2.60. The Morgan fingerprint density at radius 1 is 1.40 bits per heavy atom. The minimum absolute atomic E-state index is 0.397. The Hall–Kier alpha value is -0.310. The van der Waals surface area contributed by atoms with E-state index in [1.165, 1.54) is 0 Å². The molecule has 1 heterocycles. The van der Waals surface area contributed by atoms with Crippen LogP contribution < -0.4 is 0 Å². The van der Waals surface area contributed by atoms with Crippen LogP contribution >= 0.6 is 23.2 Å². The minimum atomic E-state index is -1.32. The molecule has 1 atom stereocenters. The highest BCUT2D eigenvalue weighted by Gasteiger charge is 2.39. The topological polar surface area (TPSA) is 3.24 Å². The van der Waals surface area contributed by atoms with E-state index < -0.39 is 5.67 Å². The van der Waals surface area contributed by atoms with Gasteiger partial charge in [0.25, 0.3) is 0 Å². The van der Waals surface area contributed by atoms with Gasteiger partial charge in [-0.05, 0) is 25.6 Å². The fourth-order valence-electron chi connectivity index (χ4n) is 2.03. The van der Waals surface area contributed by atoms with Crippen LogP contribution in [0.2, 0.25) is 10.0 Å². The van der Waals surface area contributed by atoms with Crippen molar-refractivity contribution in [2.45, 2.75) is 12.1 Å². The van der Waals surface area contributed by atoms with Gasteiger partial charge in [-0.3, -0.25) is 0 Å². The molecule has 1 nitrogen and oxygen atoms in total. The van der Waals surface area contributed by atoms with Gasteiger partial charge in [0.05, 0.1) is 0 Å². The average molecular weight is 248 g/mol. The first kappa shape index (κ1) is 11.2. The van der Waals surface area contributed by atoms with E-state index in [1.54, 1.807) is 18.2 Å². The van der Waals surface area contributed by atoms with Gasteiger partial charge in [-0.25, -0.2) is 4.39 Å². The minimum Gasteiger partial charge on any atom is -0.303 e. The lowest BCUT2D eigenvalue weighted by Gasteiger charge is -2.21. The van der Waals surface area contributed by atoms with Crippen LogP contribution in [0, 0.1) is 0 Å². The number of hydrogen-bond acceptors (Lipinski definition) is 1. The van der Waals surface area contributed by atoms with Gasteiger partial charge in [-0.1, -0.05) is 29.3 Å². The largest absolute Gasteiger partial charge is 0.303 e. The maximum atomic E-state index is 14.5. The Kier molecular flexibility index (Phi) is 2.93. The maximum absolute atomic E-state index is 14.5. The van der Waals surface area contributed by atoms with Crippen molar-refractivity contribution in [3.63, 3.8) is 0 Å². The molecule has 1 aliphatic heterocycles. The number of benzene rings is 1. The number of nitrogens with zero attached hydrogens (tertiary/aromatic N) is 1. The molecule has 1 aliphatic rings. The predicted molar refractivity (Wildman–Crippen MR) is 61.4 cm³/mol. The number of rotatable bonds is 1. The monoisotopic (exact) mass is 247 g/mol. The van der Waals surface area contributed by atoms with Crippen LogP contribution in [0.3, 0.4) is 0 Å². The summed E-state index contributed by atoms with van der Waals surface area (Å²) in [5.74, 6) is 0. The molecular weight excluding hydrogens is 236 g/mol. The molecule has 0 aliphatic carbocycles. The van der Waals surface area contributed by atoms with Crippen LogP contribution in [0.5, 0.6) is 0 Å². The van der Waals surface area contributed by atoms with E-state index in [1.807, 2.05) is 11.9 Å². The Morgan fingerprint density at radius 2 is 2.13 bits per heavy atom. The molecule has 1 fully saturated rings. The van der Waals surface area contributed by atoms with Crippen molar-refractivity contribution >= 4 is 23.2 Å². The standard InChI is InChI=1S/C11H12Cl2FN/c1-15-5-4-11(14,7-15)9-3-2-8(12)6-10(9)13/h2-3,6H,4-5,7H2,1H3. The second kappa shape index (κ2) is 3.93. The van der Waals surface area contributed by atoms with Gasteiger partial charge in [-0.2, -0.15) is 0 Å². The van der Waals surface area contributed by atoms with E-state index in [4.69, 9.17) is 23.2 Å². The summed E-state index contributed by atoms with van der Waals surface area (Å²) in [5.41, 5.74) is -0.769. The van der Waals surface area contributed by atoms with E-state index >= 15 is 0 Å². The molecule has 0 saturated carbocycles. The lowest BCUT2D eigenvalue weighted by atomic mass is 9.95. The number of likely N-dealkylation sites (tertiary alicyclic amines) is 1. The van der Waals surface area contributed by atoms with E-state index in [0.717, 1.165) is 6.54 Å². The smallest absolute Gasteiger partial charge is 0.151 e. The summed E-state index contributed by atoms with van der Waals surface area (Å²) in [6, 6.07) is 4.96. The van der Waals surface area contributed by atoms with Crippen LogP contribution in [0.25, 0.3) is 0 Å². The second-order valence-electron chi connectivity index (χ2n) is 4.08. The molecule has 1 saturated heterocycles. The van der Waals surface area contributed by atoms with Gasteiger partial charge in [0.15, 0.2) is 5.67 Å². The van der Waals surface area contributed by atoms with Crippen LogP contribution in [-0.4, -0.2) is 25.0 Å². The number of alkyl halides is 1. The number of hydrogen-bond donors (Lipinski definition) is 0. The van der Waals surface area contributed by atoms with Crippen molar-refractivity contribution in [3.8, 4) is 0 Å². The Labute approximate surface area is 98.8 Å². The number of halogens is 3. The molecule has 1 unspecified atom stereocenters. The van der Waals surface area contributed by atoms with Crippen molar-refractivity contribution in [3.05, 3.63) is 33.8 Å². The molecule has 15 heavy (non-hydrogen) atoms. The van der Waals surface area contributed by atoms with Crippen molar-refractivity contribution in [2.75, 3.05) is 20.1 Å². The highest BCUT2D eigenvalue weighted by Crippen LogP contribution is 2.39. The van der Waals surface area contributed by atoms with Crippen molar-refractivity contribution < 1.29 is 4.39 Å². The van der Waals surface area contributed by atoms with Crippen molar-refractivity contribution in [2.24, 2.45) is 0 Å². The Balaban J connectivity index is 2.37. The highest BCUT2D eigenvalue weighted by molar-refractivity contribution is 6.35. The quantitative estimate of drug-likeness (QED) is 0.735. The Bertz CT molecular complexity index is 383. The third-order valence-corrected chi connectivity index (χ3v) is 3.37. The molecule has 1 aromatic carbocycles. The zero-order chi connectivity index (χ0) is 11.1. The van der Waals surface area contributed by atoms with Gasteiger partial charge in [0.2, 0.25) is 0 Å². The van der Waals surface area contributed by atoms with E-state index in [0.29, 0.717) is 28.6 Å². The predicted octanol–water partition coefficient (Wildman–Crippen LogP) is 3.49. The molecule has 0 radical (unpaired) electrons. The lowest BCUT2D eigenvalue weighted by molar-refractivity contribution is 0.175. The van der Waals surface area contributed by atoms with Crippen molar-refractivity contribution in [1.29, 1.82) is 0 Å². The molecule has 0 aromatic heterocycles. The van der Waals surface area contributed by atoms with Crippen molar-refractivity contribution in [1.82, 2.24) is 4.90 Å². The zero-order valence-corrected chi connectivity index (χ0v) is 9.95. The molecule has 0 bridgehead atoms. The van der Waals surface area contributed by atoms with Gasteiger partial charge in [-0.15, -0.1) is 0 Å². The van der Waals surface area contributed by atoms with E-state index in [-0.39, 0.29) is 0 Å². The van der Waals surface area contributed by atoms with E-state index in [2.05, 4.69) is 0 Å². The SMILES string of the molecule is CN1CCC(F)(c2ccc(Cl)cc2Cl)C1. The normalized spacial score (nSPS) is 27.2. The summed E-state index contributed by atoms with van der Waals surface area (Å²) in [5, 5.41) is 0.957. The van der Waals surface area contributed by atoms with Crippen LogP contribution in [0.4, 0.5) is 4.39 Å². The fraction of sp³-hybridized carbons (Fsp3) is 0.455. The van der Waals surface area contributed by atoms with Gasteiger partial charge < -0.3 is 4.90 Å². The summed E-state index contributed by atoms with van der Waals surface area (Å²) in [6.07, 6.45) is 0.491. The summed E-state index contributed by atoms with van der Waals surface area (Å²) in [4.78, 5) is 1.96. The Morgan fingerprint density at radius 3 is 2.67 bits per heavy atom. The molecule has 1 aromatic rings. The van der Waals surface area contributed by atoms with E-state index in [9.17, 15) is 4.39 Å². The zero-order valence-electron chi connectivity index (χ0n) is 8.43. The molecule has 0 N–H and O–H groups in total. The molecular formula is C11H12Cl2FN. The molecule has 0 amide bonds. The summed E-state index contributed by atoms with van der Waals surface area (Å²) in [6.45, 7) is 1.16. The highest BCUT2D eigenvalue weighted by atomic mass is 35.5. The third kappa shape index (κ3) is 2.12. The molecule has 82 valence electrons. The first-order valence-electron chi connectivity index (χ1n) is 4.84. The number of likely N-dealkylation sites (N-methyl/N-ethyl adjacent to an activating group) is 1. The molecule has 4 heteroatoms. The van der Waals surface area contributed by atoms with Crippen LogP contribution in [-0.2, 0) is 5.67 Å². The first-order chi connectivity index (χ1) is 7.01. The molecule has 0 spiro atoms. The maximum Gasteiger partial charge on any atom is 0.151 e. The summed E-state index contributed by atoms with van der Waals surface area (Å²) >= 11 is 11.8. The van der Waals surface area contributed by atoms with Gasteiger partial charge >= 0.3 is 0 Å². The average Bonchev–Trinajstić information content (AvgIpc) is 2.46. The summed E-state index contributed by atoms with van der Waals surface area (Å²) < 4.78 is 14.5. The van der Waals surface area contributed by atoms with Crippen LogP contribution in [0.1, 0.15) is 12.0 Å². The second-order valence-corrected chi connectivity index (χ2v) is 4.92. The van der Waals surface area contributed by atoms with Crippen LogP contribution in [0.15, 0.2) is 18.2 Å². The van der Waals surface area contributed by atoms with Gasteiger partial charge in [0.1, 0.15) is 0 Å². The first-order valence-corrected chi connectivity index (χ1v) is 5.60. The lowest BCUT2D eigenvalue weighted by Crippen LogP contribution is -2.24. The molecule has 2 rings (SSSR count). The van der Waals surface area contributed by atoms with Gasteiger partial charge in [0, 0.05) is 28.7 Å².